The highest BCUT2D eigenvalue weighted by Crippen LogP contribution is 2.32. The minimum atomic E-state index is -1.44. The van der Waals surface area contributed by atoms with Crippen molar-refractivity contribution in [2.75, 3.05) is 43.1 Å². The Morgan fingerprint density at radius 3 is 2.60 bits per heavy atom. The molecule has 1 atom stereocenters. The van der Waals surface area contributed by atoms with Gasteiger partial charge in [0.25, 0.3) is 5.91 Å². The van der Waals surface area contributed by atoms with Gasteiger partial charge in [-0.05, 0) is 52.0 Å². The molecule has 4 rings (SSSR count). The molecule has 1 fully saturated rings. The molecule has 1 unspecified atom stereocenters. The van der Waals surface area contributed by atoms with Gasteiger partial charge >= 0.3 is 6.03 Å². The van der Waals surface area contributed by atoms with Crippen LogP contribution in [0, 0.1) is 0 Å². The van der Waals surface area contributed by atoms with E-state index in [2.05, 4.69) is 22.5 Å². The number of nitrogens with zero attached hydrogens (tertiary/aromatic N) is 4. The lowest BCUT2D eigenvalue weighted by Gasteiger charge is -2.39. The first-order chi connectivity index (χ1) is 16.7. The number of anilines is 2. The maximum atomic E-state index is 12.8. The first kappa shape index (κ1) is 24.9. The van der Waals surface area contributed by atoms with E-state index in [1.54, 1.807) is 4.90 Å². The number of aromatic nitrogens is 2. The van der Waals surface area contributed by atoms with Crippen LogP contribution in [0.15, 0.2) is 24.3 Å². The van der Waals surface area contributed by atoms with Gasteiger partial charge in [0.05, 0.1) is 31.5 Å². The van der Waals surface area contributed by atoms with E-state index in [1.165, 1.54) is 13.8 Å². The summed E-state index contributed by atoms with van der Waals surface area (Å²) < 4.78 is 5.64. The van der Waals surface area contributed by atoms with Gasteiger partial charge < -0.3 is 30.3 Å². The first-order valence-electron chi connectivity index (χ1n) is 12.1. The van der Waals surface area contributed by atoms with Crippen LogP contribution in [0.1, 0.15) is 39.0 Å². The number of fused-ring (bicyclic) bond motifs is 1. The quantitative estimate of drug-likeness (QED) is 0.597. The van der Waals surface area contributed by atoms with Crippen molar-refractivity contribution >= 4 is 23.4 Å². The van der Waals surface area contributed by atoms with Crippen molar-refractivity contribution in [1.82, 2.24) is 20.2 Å². The van der Waals surface area contributed by atoms with E-state index in [1.807, 2.05) is 31.2 Å². The molecule has 0 saturated carbocycles. The Kier molecular flexibility index (Phi) is 7.23. The summed E-state index contributed by atoms with van der Waals surface area (Å²) in [4.78, 5) is 38.3. The Bertz CT molecular complexity index is 1080. The summed E-state index contributed by atoms with van der Waals surface area (Å²) in [6, 6.07) is 7.31. The highest BCUT2D eigenvalue weighted by atomic mass is 16.5. The zero-order valence-electron chi connectivity index (χ0n) is 20.8. The summed E-state index contributed by atoms with van der Waals surface area (Å²) in [6.07, 6.45) is 0.579. The molecule has 3 amide bonds. The van der Waals surface area contributed by atoms with Crippen LogP contribution in [0.25, 0.3) is 11.4 Å². The topological polar surface area (TPSA) is 120 Å². The maximum absolute atomic E-state index is 12.8. The van der Waals surface area contributed by atoms with Crippen LogP contribution in [0.5, 0.6) is 0 Å². The molecule has 1 saturated heterocycles. The van der Waals surface area contributed by atoms with E-state index < -0.39 is 5.60 Å². The lowest BCUT2D eigenvalue weighted by atomic mass is 10.0. The summed E-state index contributed by atoms with van der Waals surface area (Å²) >= 11 is 0. The molecule has 0 bridgehead atoms. The third-order valence-corrected chi connectivity index (χ3v) is 6.23. The zero-order valence-corrected chi connectivity index (χ0v) is 20.8. The van der Waals surface area contributed by atoms with Crippen molar-refractivity contribution in [3.05, 3.63) is 35.5 Å². The van der Waals surface area contributed by atoms with E-state index >= 15 is 0 Å². The number of hydrogen-bond acceptors (Lipinski definition) is 7. The zero-order chi connectivity index (χ0) is 25.2. The monoisotopic (exact) mass is 482 g/mol. The second-order valence-corrected chi connectivity index (χ2v) is 9.51. The molecule has 2 aromatic rings. The van der Waals surface area contributed by atoms with Gasteiger partial charge in [-0.1, -0.05) is 0 Å². The van der Waals surface area contributed by atoms with Gasteiger partial charge in [0.2, 0.25) is 0 Å². The lowest BCUT2D eigenvalue weighted by Crippen LogP contribution is -2.49. The van der Waals surface area contributed by atoms with Crippen LogP contribution in [-0.2, 0) is 22.5 Å². The van der Waals surface area contributed by atoms with Crippen LogP contribution in [0.3, 0.4) is 0 Å². The Balaban J connectivity index is 1.69. The molecule has 2 aliphatic heterocycles. The second kappa shape index (κ2) is 10.2. The normalized spacial score (nSPS) is 18.1. The third-order valence-electron chi connectivity index (χ3n) is 6.23. The van der Waals surface area contributed by atoms with Crippen LogP contribution < -0.4 is 15.5 Å². The van der Waals surface area contributed by atoms with Crippen molar-refractivity contribution in [1.29, 1.82) is 0 Å². The molecule has 1 aromatic heterocycles. The number of carbonyl (C=O) groups is 2. The Hall–Kier alpha value is -3.24. The summed E-state index contributed by atoms with van der Waals surface area (Å²) in [5, 5.41) is 15.8. The van der Waals surface area contributed by atoms with E-state index in [0.717, 1.165) is 22.6 Å². The summed E-state index contributed by atoms with van der Waals surface area (Å²) in [7, 11) is 0. The SMILES string of the molecule is CCNC(=O)Nc1ccc(-c2nc3c(c(N4CCOCC4C)n2)CN(C(=O)C(C)(C)O)CC3)cc1. The number of aliphatic hydroxyl groups is 1. The Labute approximate surface area is 205 Å². The van der Waals surface area contributed by atoms with Crippen molar-refractivity contribution < 1.29 is 19.4 Å². The molecule has 3 heterocycles. The Morgan fingerprint density at radius 2 is 1.94 bits per heavy atom. The van der Waals surface area contributed by atoms with Gasteiger partial charge in [-0.25, -0.2) is 14.8 Å². The van der Waals surface area contributed by atoms with E-state index in [-0.39, 0.29) is 18.0 Å². The van der Waals surface area contributed by atoms with Crippen LogP contribution in [0.2, 0.25) is 0 Å². The number of hydrogen-bond donors (Lipinski definition) is 3. The number of nitrogens with one attached hydrogen (secondary N) is 2. The van der Waals surface area contributed by atoms with Crippen LogP contribution in [-0.4, -0.2) is 76.4 Å². The highest BCUT2D eigenvalue weighted by Gasteiger charge is 2.35. The molecule has 3 N–H and O–H groups in total. The molecular weight excluding hydrogens is 448 g/mol. The van der Waals surface area contributed by atoms with Crippen molar-refractivity contribution in [2.45, 2.75) is 52.3 Å². The molecule has 188 valence electrons. The van der Waals surface area contributed by atoms with Gasteiger partial charge in [0.15, 0.2) is 5.82 Å². The summed E-state index contributed by atoms with van der Waals surface area (Å²) in [6.45, 7) is 10.3. The second-order valence-electron chi connectivity index (χ2n) is 9.51. The van der Waals surface area contributed by atoms with Crippen LogP contribution in [0.4, 0.5) is 16.3 Å². The fraction of sp³-hybridized carbons (Fsp3) is 0.520. The van der Waals surface area contributed by atoms with Crippen molar-refractivity contribution in [3.63, 3.8) is 0 Å². The minimum Gasteiger partial charge on any atom is -0.381 e. The fourth-order valence-corrected chi connectivity index (χ4v) is 4.40. The summed E-state index contributed by atoms with van der Waals surface area (Å²) in [5.74, 6) is 1.10. The number of amides is 3. The molecule has 0 aliphatic carbocycles. The highest BCUT2D eigenvalue weighted by molar-refractivity contribution is 5.89. The van der Waals surface area contributed by atoms with Gasteiger partial charge in [-0.15, -0.1) is 0 Å². The molecule has 1 aromatic carbocycles. The standard InChI is InChI=1S/C25H34N6O4/c1-5-26-24(33)27-18-8-6-17(7-9-18)21-28-20-10-11-30(23(32)25(3,4)34)14-19(20)22(29-21)31-12-13-35-15-16(31)2/h6-9,16,34H,5,10-15H2,1-4H3,(H2,26,27,33). The number of urea groups is 1. The van der Waals surface area contributed by atoms with Crippen LogP contribution >= 0.6 is 0 Å². The number of ether oxygens (including phenoxy) is 1. The molecule has 35 heavy (non-hydrogen) atoms. The average Bonchev–Trinajstić information content (AvgIpc) is 2.83. The third kappa shape index (κ3) is 5.54. The lowest BCUT2D eigenvalue weighted by molar-refractivity contribution is -0.148. The van der Waals surface area contributed by atoms with Crippen molar-refractivity contribution in [3.8, 4) is 11.4 Å². The predicted octanol–water partition coefficient (Wildman–Crippen LogP) is 2.17. The van der Waals surface area contributed by atoms with Gasteiger partial charge in [0.1, 0.15) is 11.4 Å². The van der Waals surface area contributed by atoms with E-state index in [4.69, 9.17) is 14.7 Å². The predicted molar refractivity (Wildman–Crippen MR) is 133 cm³/mol. The smallest absolute Gasteiger partial charge is 0.319 e. The van der Waals surface area contributed by atoms with E-state index in [0.29, 0.717) is 57.3 Å². The minimum absolute atomic E-state index is 0.125. The van der Waals surface area contributed by atoms with Gasteiger partial charge in [-0.2, -0.15) is 0 Å². The maximum Gasteiger partial charge on any atom is 0.319 e. The van der Waals surface area contributed by atoms with Gasteiger partial charge in [0, 0.05) is 42.9 Å². The largest absolute Gasteiger partial charge is 0.381 e. The Morgan fingerprint density at radius 1 is 1.20 bits per heavy atom. The molecule has 0 spiro atoms. The fourth-order valence-electron chi connectivity index (χ4n) is 4.40. The number of rotatable bonds is 5. The van der Waals surface area contributed by atoms with Gasteiger partial charge in [-0.3, -0.25) is 4.79 Å². The number of carbonyl (C=O) groups excluding carboxylic acids is 2. The van der Waals surface area contributed by atoms with E-state index in [9.17, 15) is 14.7 Å². The molecule has 10 heteroatoms. The molecule has 2 aliphatic rings. The molecule has 10 nitrogen and oxygen atoms in total. The van der Waals surface area contributed by atoms with Crippen molar-refractivity contribution in [2.24, 2.45) is 0 Å². The number of morpholine rings is 1. The number of benzene rings is 1. The molecular formula is C25H34N6O4. The molecule has 0 radical (unpaired) electrons. The summed E-state index contributed by atoms with van der Waals surface area (Å²) in [5.41, 5.74) is 1.91. The first-order valence-corrected chi connectivity index (χ1v) is 12.1. The average molecular weight is 483 g/mol.